The van der Waals surface area contributed by atoms with Crippen LogP contribution in [0.1, 0.15) is 46.5 Å². The Labute approximate surface area is 92.9 Å². The molecular formula is C12H22N2O. The number of amides is 1. The molecular weight excluding hydrogens is 188 g/mol. The number of hydrogen-bond donors (Lipinski definition) is 1. The van der Waals surface area contributed by atoms with Crippen LogP contribution in [-0.2, 0) is 4.79 Å². The second-order valence-corrected chi connectivity index (χ2v) is 4.27. The first-order valence-corrected chi connectivity index (χ1v) is 5.79. The average molecular weight is 210 g/mol. The number of hydrogen-bond acceptors (Lipinski definition) is 2. The van der Waals surface area contributed by atoms with E-state index in [2.05, 4.69) is 19.2 Å². The Bertz CT molecular complexity index is 218. The molecule has 0 aliphatic carbocycles. The Kier molecular flexibility index (Phi) is 7.71. The third kappa shape index (κ3) is 6.96. The molecule has 0 aliphatic rings. The molecule has 0 saturated carbocycles. The summed E-state index contributed by atoms with van der Waals surface area (Å²) in [5, 5.41) is 11.5. The summed E-state index contributed by atoms with van der Waals surface area (Å²) in [6.45, 7) is 6.94. The van der Waals surface area contributed by atoms with Gasteiger partial charge in [-0.1, -0.05) is 33.6 Å². The molecule has 0 rings (SSSR count). The summed E-state index contributed by atoms with van der Waals surface area (Å²) < 4.78 is 0. The number of carbonyl (C=O) groups is 1. The fraction of sp³-hybridized carbons (Fsp3) is 0.833. The number of nitrogens with zero attached hydrogens (tertiary/aromatic N) is 1. The second kappa shape index (κ2) is 8.28. The largest absolute Gasteiger partial charge is 0.355 e. The van der Waals surface area contributed by atoms with Gasteiger partial charge in [-0.05, 0) is 18.8 Å². The van der Waals surface area contributed by atoms with Crippen molar-refractivity contribution in [3.8, 4) is 6.07 Å². The molecule has 1 unspecified atom stereocenters. The number of carbonyl (C=O) groups excluding carboxylic acids is 1. The van der Waals surface area contributed by atoms with Crippen molar-refractivity contribution in [1.82, 2.24) is 5.32 Å². The highest BCUT2D eigenvalue weighted by Crippen LogP contribution is 2.05. The number of nitriles is 1. The van der Waals surface area contributed by atoms with E-state index in [1.54, 1.807) is 0 Å². The molecule has 0 bridgehead atoms. The molecule has 0 saturated heterocycles. The van der Waals surface area contributed by atoms with Crippen LogP contribution in [0.5, 0.6) is 0 Å². The molecule has 0 radical (unpaired) electrons. The molecule has 3 heteroatoms. The van der Waals surface area contributed by atoms with Crippen LogP contribution < -0.4 is 5.32 Å². The third-order valence-corrected chi connectivity index (χ3v) is 2.39. The van der Waals surface area contributed by atoms with Gasteiger partial charge in [0.2, 0.25) is 5.91 Å². The zero-order valence-electron chi connectivity index (χ0n) is 10.0. The maximum absolute atomic E-state index is 11.4. The second-order valence-electron chi connectivity index (χ2n) is 4.27. The predicted molar refractivity (Wildman–Crippen MR) is 61.1 cm³/mol. The zero-order valence-corrected chi connectivity index (χ0v) is 10.0. The van der Waals surface area contributed by atoms with Gasteiger partial charge in [-0.2, -0.15) is 5.26 Å². The molecule has 1 atom stereocenters. The van der Waals surface area contributed by atoms with E-state index in [0.717, 1.165) is 18.8 Å². The molecule has 0 aromatic carbocycles. The van der Waals surface area contributed by atoms with Crippen LogP contribution in [0.15, 0.2) is 0 Å². The van der Waals surface area contributed by atoms with Crippen molar-refractivity contribution in [2.75, 3.05) is 6.54 Å². The maximum Gasteiger partial charge on any atom is 0.237 e. The van der Waals surface area contributed by atoms with Crippen LogP contribution in [0, 0.1) is 23.2 Å². The summed E-state index contributed by atoms with van der Waals surface area (Å²) in [5.74, 6) is 0.128. The average Bonchev–Trinajstić information content (AvgIpc) is 2.18. The first-order chi connectivity index (χ1) is 7.11. The van der Waals surface area contributed by atoms with E-state index < -0.39 is 5.92 Å². The lowest BCUT2D eigenvalue weighted by molar-refractivity contribution is -0.123. The zero-order chi connectivity index (χ0) is 11.7. The minimum Gasteiger partial charge on any atom is -0.355 e. The summed E-state index contributed by atoms with van der Waals surface area (Å²) in [6.07, 6.45) is 3.94. The Hall–Kier alpha value is -1.04. The van der Waals surface area contributed by atoms with Crippen molar-refractivity contribution in [2.24, 2.45) is 11.8 Å². The van der Waals surface area contributed by atoms with Crippen molar-refractivity contribution in [3.63, 3.8) is 0 Å². The van der Waals surface area contributed by atoms with Crippen LogP contribution in [-0.4, -0.2) is 12.5 Å². The van der Waals surface area contributed by atoms with Crippen LogP contribution in [0.3, 0.4) is 0 Å². The third-order valence-electron chi connectivity index (χ3n) is 2.39. The fourth-order valence-corrected chi connectivity index (χ4v) is 1.35. The van der Waals surface area contributed by atoms with Gasteiger partial charge in [-0.25, -0.2) is 0 Å². The van der Waals surface area contributed by atoms with Gasteiger partial charge in [-0.3, -0.25) is 4.79 Å². The number of nitrogens with one attached hydrogen (secondary N) is 1. The topological polar surface area (TPSA) is 52.9 Å². The minimum atomic E-state index is -0.477. The smallest absolute Gasteiger partial charge is 0.237 e. The lowest BCUT2D eigenvalue weighted by atomic mass is 10.1. The molecule has 86 valence electrons. The Morgan fingerprint density at radius 3 is 2.53 bits per heavy atom. The van der Waals surface area contributed by atoms with Gasteiger partial charge in [0.1, 0.15) is 5.92 Å². The molecule has 0 spiro atoms. The fourth-order valence-electron chi connectivity index (χ4n) is 1.35. The highest BCUT2D eigenvalue weighted by Gasteiger charge is 2.13. The van der Waals surface area contributed by atoms with Crippen LogP contribution in [0.2, 0.25) is 0 Å². The van der Waals surface area contributed by atoms with Crippen molar-refractivity contribution in [1.29, 1.82) is 5.26 Å². The predicted octanol–water partition coefficient (Wildman–Crippen LogP) is 2.48. The Morgan fingerprint density at radius 2 is 2.07 bits per heavy atom. The molecule has 0 heterocycles. The van der Waals surface area contributed by atoms with Crippen molar-refractivity contribution >= 4 is 5.91 Å². The van der Waals surface area contributed by atoms with E-state index in [9.17, 15) is 4.79 Å². The molecule has 15 heavy (non-hydrogen) atoms. The van der Waals surface area contributed by atoms with E-state index in [-0.39, 0.29) is 5.91 Å². The number of rotatable bonds is 7. The van der Waals surface area contributed by atoms with Gasteiger partial charge < -0.3 is 5.32 Å². The Morgan fingerprint density at radius 1 is 1.40 bits per heavy atom. The van der Waals surface area contributed by atoms with E-state index in [1.807, 2.05) is 13.0 Å². The van der Waals surface area contributed by atoms with Gasteiger partial charge >= 0.3 is 0 Å². The molecule has 0 aromatic heterocycles. The van der Waals surface area contributed by atoms with Gasteiger partial charge in [0.15, 0.2) is 0 Å². The summed E-state index contributed by atoms with van der Waals surface area (Å²) in [7, 11) is 0. The highest BCUT2D eigenvalue weighted by molar-refractivity contribution is 5.80. The first-order valence-electron chi connectivity index (χ1n) is 5.79. The lowest BCUT2D eigenvalue weighted by Gasteiger charge is -2.08. The lowest BCUT2D eigenvalue weighted by Crippen LogP contribution is -2.30. The molecule has 0 aliphatic heterocycles. The van der Waals surface area contributed by atoms with Crippen LogP contribution in [0.4, 0.5) is 0 Å². The SMILES string of the molecule is CCC(C#N)C(=O)NCCCCC(C)C. The summed E-state index contributed by atoms with van der Waals surface area (Å²) in [5.41, 5.74) is 0. The minimum absolute atomic E-state index is 0.121. The highest BCUT2D eigenvalue weighted by atomic mass is 16.1. The van der Waals surface area contributed by atoms with E-state index >= 15 is 0 Å². The molecule has 1 N–H and O–H groups in total. The summed E-state index contributed by atoms with van der Waals surface area (Å²) >= 11 is 0. The quantitative estimate of drug-likeness (QED) is 0.656. The molecule has 3 nitrogen and oxygen atoms in total. The van der Waals surface area contributed by atoms with Crippen molar-refractivity contribution in [3.05, 3.63) is 0 Å². The molecule has 0 aromatic rings. The normalized spacial score (nSPS) is 12.2. The van der Waals surface area contributed by atoms with E-state index in [1.165, 1.54) is 6.42 Å². The summed E-state index contributed by atoms with van der Waals surface area (Å²) in [4.78, 5) is 11.4. The van der Waals surface area contributed by atoms with E-state index in [4.69, 9.17) is 5.26 Å². The maximum atomic E-state index is 11.4. The van der Waals surface area contributed by atoms with Gasteiger partial charge in [0, 0.05) is 6.54 Å². The van der Waals surface area contributed by atoms with Crippen LogP contribution >= 0.6 is 0 Å². The standard InChI is InChI=1S/C12H22N2O/c1-4-11(9-13)12(15)14-8-6-5-7-10(2)3/h10-11H,4-8H2,1-3H3,(H,14,15). The van der Waals surface area contributed by atoms with E-state index in [0.29, 0.717) is 13.0 Å². The van der Waals surface area contributed by atoms with Crippen LogP contribution in [0.25, 0.3) is 0 Å². The van der Waals surface area contributed by atoms with Crippen molar-refractivity contribution in [2.45, 2.75) is 46.5 Å². The monoisotopic (exact) mass is 210 g/mol. The molecule has 1 amide bonds. The number of unbranched alkanes of at least 4 members (excludes halogenated alkanes) is 1. The van der Waals surface area contributed by atoms with Gasteiger partial charge in [0.25, 0.3) is 0 Å². The molecule has 0 fully saturated rings. The Balaban J connectivity index is 3.51. The summed E-state index contributed by atoms with van der Waals surface area (Å²) in [6, 6.07) is 2.00. The van der Waals surface area contributed by atoms with Gasteiger partial charge in [-0.15, -0.1) is 0 Å². The van der Waals surface area contributed by atoms with Gasteiger partial charge in [0.05, 0.1) is 6.07 Å². The van der Waals surface area contributed by atoms with Crippen molar-refractivity contribution < 1.29 is 4.79 Å². The first kappa shape index (κ1) is 14.0.